The van der Waals surface area contributed by atoms with E-state index in [9.17, 15) is 4.79 Å². The molecule has 1 saturated carbocycles. The van der Waals surface area contributed by atoms with Crippen LogP contribution in [-0.2, 0) is 10.3 Å². The maximum absolute atomic E-state index is 11.8. The fourth-order valence-electron chi connectivity index (χ4n) is 4.60. The van der Waals surface area contributed by atoms with Crippen molar-refractivity contribution in [2.24, 2.45) is 0 Å². The van der Waals surface area contributed by atoms with Gasteiger partial charge in [0.15, 0.2) is 0 Å². The summed E-state index contributed by atoms with van der Waals surface area (Å²) in [6.07, 6.45) is 8.87. The average molecular weight is 439 g/mol. The lowest BCUT2D eigenvalue weighted by atomic mass is 9.71. The Kier molecular flexibility index (Phi) is 8.62. The first-order chi connectivity index (χ1) is 15.6. The number of rotatable bonds is 7. The minimum atomic E-state index is -0.386. The number of anilines is 1. The first kappa shape index (κ1) is 24.2. The lowest BCUT2D eigenvalue weighted by molar-refractivity contribution is 0.0525. The molecule has 6 heteroatoms. The highest BCUT2D eigenvalue weighted by Crippen LogP contribution is 2.44. The first-order valence-electron chi connectivity index (χ1n) is 12.2. The Labute approximate surface area is 192 Å². The van der Waals surface area contributed by atoms with Gasteiger partial charge >= 0.3 is 5.97 Å². The molecule has 2 fully saturated rings. The van der Waals surface area contributed by atoms with E-state index in [4.69, 9.17) is 4.74 Å². The summed E-state index contributed by atoms with van der Waals surface area (Å²) in [6.45, 7) is 11.9. The molecule has 1 aromatic heterocycles. The van der Waals surface area contributed by atoms with Crippen LogP contribution in [0.25, 0.3) is 0 Å². The van der Waals surface area contributed by atoms with E-state index in [1.165, 1.54) is 55.9 Å². The number of ether oxygens (including phenoxy) is 1. The number of esters is 1. The van der Waals surface area contributed by atoms with Crippen LogP contribution in [0.4, 0.5) is 5.95 Å². The maximum Gasteiger partial charge on any atom is 0.341 e. The number of carbonyl (C=O) groups excluding carboxylic acids is 1. The van der Waals surface area contributed by atoms with Crippen molar-refractivity contribution in [1.82, 2.24) is 14.9 Å². The standard InChI is InChI=1S/C24H32N4O2.C2H6/c1-3-28-14-10-19(11-15-28)18-6-8-21(9-7-18)24(12-5-13-24)27-23-25-16-20(17-26-23)22(29)30-4-2;1-2/h6-9,16-17,19H,3-5,10-15H2,1-2H3,(H,25,26,27);1-2H3. The molecule has 1 N–H and O–H groups in total. The smallest absolute Gasteiger partial charge is 0.341 e. The number of hydrogen-bond acceptors (Lipinski definition) is 6. The molecule has 0 radical (unpaired) electrons. The SMILES string of the molecule is CC.CCOC(=O)c1cnc(NC2(c3ccc(C4CCN(CC)CC4)cc3)CCC2)nc1. The van der Waals surface area contributed by atoms with Crippen LogP contribution in [0.3, 0.4) is 0 Å². The molecule has 0 amide bonds. The highest BCUT2D eigenvalue weighted by Gasteiger charge is 2.39. The van der Waals surface area contributed by atoms with Crippen LogP contribution in [-0.4, -0.2) is 47.1 Å². The fraction of sp³-hybridized carbons (Fsp3) is 0.577. The van der Waals surface area contributed by atoms with Crippen LogP contribution in [0.5, 0.6) is 0 Å². The minimum absolute atomic E-state index is 0.116. The lowest BCUT2D eigenvalue weighted by Gasteiger charge is -2.43. The third-order valence-corrected chi connectivity index (χ3v) is 6.69. The molecule has 1 aliphatic heterocycles. The van der Waals surface area contributed by atoms with Crippen LogP contribution in [0.15, 0.2) is 36.7 Å². The summed E-state index contributed by atoms with van der Waals surface area (Å²) < 4.78 is 5.00. The number of aromatic nitrogens is 2. The second-order valence-corrected chi connectivity index (χ2v) is 8.41. The largest absolute Gasteiger partial charge is 0.462 e. The third-order valence-electron chi connectivity index (χ3n) is 6.69. The van der Waals surface area contributed by atoms with Crippen molar-refractivity contribution >= 4 is 11.9 Å². The predicted octanol–water partition coefficient (Wildman–Crippen LogP) is 5.37. The second-order valence-electron chi connectivity index (χ2n) is 8.41. The fourth-order valence-corrected chi connectivity index (χ4v) is 4.60. The Balaban J connectivity index is 0.00000141. The summed E-state index contributed by atoms with van der Waals surface area (Å²) >= 11 is 0. The number of nitrogens with one attached hydrogen (secondary N) is 1. The van der Waals surface area contributed by atoms with Gasteiger partial charge in [-0.1, -0.05) is 45.0 Å². The predicted molar refractivity (Wildman–Crippen MR) is 129 cm³/mol. The summed E-state index contributed by atoms with van der Waals surface area (Å²) in [7, 11) is 0. The molecule has 174 valence electrons. The van der Waals surface area contributed by atoms with Gasteiger partial charge < -0.3 is 15.0 Å². The molecule has 2 aliphatic rings. The van der Waals surface area contributed by atoms with Crippen LogP contribution in [0.2, 0.25) is 0 Å². The molecule has 1 aliphatic carbocycles. The van der Waals surface area contributed by atoms with Gasteiger partial charge in [-0.05, 0) is 75.7 Å². The summed E-state index contributed by atoms with van der Waals surface area (Å²) in [6, 6.07) is 9.18. The molecular formula is C26H38N4O2. The molecular weight excluding hydrogens is 400 g/mol. The van der Waals surface area contributed by atoms with Gasteiger partial charge in [-0.25, -0.2) is 14.8 Å². The van der Waals surface area contributed by atoms with Gasteiger partial charge in [-0.2, -0.15) is 0 Å². The molecule has 0 bridgehead atoms. The highest BCUT2D eigenvalue weighted by atomic mass is 16.5. The number of nitrogens with zero attached hydrogens (tertiary/aromatic N) is 3. The maximum atomic E-state index is 11.8. The molecule has 6 nitrogen and oxygen atoms in total. The third kappa shape index (κ3) is 5.47. The van der Waals surface area contributed by atoms with Gasteiger partial charge in [0.2, 0.25) is 5.95 Å². The van der Waals surface area contributed by atoms with Gasteiger partial charge in [0.05, 0.1) is 17.7 Å². The minimum Gasteiger partial charge on any atom is -0.462 e. The van der Waals surface area contributed by atoms with E-state index in [0.717, 1.165) is 19.4 Å². The molecule has 0 atom stereocenters. The van der Waals surface area contributed by atoms with Gasteiger partial charge in [0, 0.05) is 12.4 Å². The van der Waals surface area contributed by atoms with E-state index in [2.05, 4.69) is 51.4 Å². The summed E-state index contributed by atoms with van der Waals surface area (Å²) in [4.78, 5) is 23.0. The zero-order valence-corrected chi connectivity index (χ0v) is 20.1. The Bertz CT molecular complexity index is 839. The van der Waals surface area contributed by atoms with Gasteiger partial charge in [0.1, 0.15) is 0 Å². The van der Waals surface area contributed by atoms with Crippen LogP contribution in [0, 0.1) is 0 Å². The number of carbonyl (C=O) groups is 1. The van der Waals surface area contributed by atoms with E-state index in [1.807, 2.05) is 13.8 Å². The number of piperidine rings is 1. The molecule has 0 unspecified atom stereocenters. The van der Waals surface area contributed by atoms with E-state index in [1.54, 1.807) is 6.92 Å². The van der Waals surface area contributed by atoms with Gasteiger partial charge in [-0.3, -0.25) is 0 Å². The summed E-state index contributed by atoms with van der Waals surface area (Å²) in [5.74, 6) is 0.840. The van der Waals surface area contributed by atoms with E-state index < -0.39 is 0 Å². The first-order valence-corrected chi connectivity index (χ1v) is 12.2. The van der Waals surface area contributed by atoms with Crippen molar-refractivity contribution < 1.29 is 9.53 Å². The monoisotopic (exact) mass is 438 g/mol. The van der Waals surface area contributed by atoms with Crippen molar-refractivity contribution in [2.45, 2.75) is 71.3 Å². The molecule has 2 heterocycles. The van der Waals surface area contributed by atoms with Gasteiger partial charge in [0.25, 0.3) is 0 Å². The Morgan fingerprint density at radius 3 is 2.22 bits per heavy atom. The van der Waals surface area contributed by atoms with Crippen molar-refractivity contribution in [2.75, 3.05) is 31.6 Å². The van der Waals surface area contributed by atoms with E-state index in [-0.39, 0.29) is 11.5 Å². The van der Waals surface area contributed by atoms with Crippen LogP contribution < -0.4 is 5.32 Å². The zero-order valence-electron chi connectivity index (χ0n) is 20.1. The van der Waals surface area contributed by atoms with Crippen molar-refractivity contribution in [3.8, 4) is 0 Å². The van der Waals surface area contributed by atoms with E-state index in [0.29, 0.717) is 24.0 Å². The van der Waals surface area contributed by atoms with Crippen molar-refractivity contribution in [3.63, 3.8) is 0 Å². The van der Waals surface area contributed by atoms with E-state index >= 15 is 0 Å². The summed E-state index contributed by atoms with van der Waals surface area (Å²) in [5, 5.41) is 3.54. The molecule has 1 aromatic carbocycles. The molecule has 32 heavy (non-hydrogen) atoms. The van der Waals surface area contributed by atoms with Crippen LogP contribution in [0.1, 0.15) is 87.2 Å². The number of benzene rings is 1. The van der Waals surface area contributed by atoms with Crippen LogP contribution >= 0.6 is 0 Å². The highest BCUT2D eigenvalue weighted by molar-refractivity contribution is 5.88. The second kappa shape index (κ2) is 11.4. The lowest BCUT2D eigenvalue weighted by Crippen LogP contribution is -2.42. The van der Waals surface area contributed by atoms with Crippen molar-refractivity contribution in [3.05, 3.63) is 53.3 Å². The van der Waals surface area contributed by atoms with Crippen molar-refractivity contribution in [1.29, 1.82) is 0 Å². The Hall–Kier alpha value is -2.47. The molecule has 4 rings (SSSR count). The summed E-state index contributed by atoms with van der Waals surface area (Å²) in [5.41, 5.74) is 3.01. The molecule has 2 aromatic rings. The molecule has 0 spiro atoms. The Morgan fingerprint density at radius 1 is 1.09 bits per heavy atom. The molecule has 1 saturated heterocycles. The zero-order chi connectivity index (χ0) is 23.0. The normalized spacial score (nSPS) is 18.1. The quantitative estimate of drug-likeness (QED) is 0.586. The Morgan fingerprint density at radius 2 is 1.72 bits per heavy atom. The van der Waals surface area contributed by atoms with Gasteiger partial charge in [-0.15, -0.1) is 0 Å². The number of hydrogen-bond donors (Lipinski definition) is 1. The number of likely N-dealkylation sites (tertiary alicyclic amines) is 1. The average Bonchev–Trinajstić information content (AvgIpc) is 2.83. The topological polar surface area (TPSA) is 67.3 Å².